The molecule has 3 rings (SSSR count). The first-order valence-corrected chi connectivity index (χ1v) is 9.74. The molecule has 1 aliphatic heterocycles. The second-order valence-electron chi connectivity index (χ2n) is 8.16. The van der Waals surface area contributed by atoms with Crippen LogP contribution in [0.3, 0.4) is 0 Å². The van der Waals surface area contributed by atoms with Crippen molar-refractivity contribution < 1.29 is 14.3 Å². The van der Waals surface area contributed by atoms with Crippen molar-refractivity contribution in [2.75, 3.05) is 18.1 Å². The van der Waals surface area contributed by atoms with Crippen molar-refractivity contribution in [1.29, 1.82) is 0 Å². The molecule has 0 aromatic heterocycles. The lowest BCUT2D eigenvalue weighted by Gasteiger charge is -2.31. The van der Waals surface area contributed by atoms with Crippen LogP contribution in [-0.2, 0) is 16.8 Å². The summed E-state index contributed by atoms with van der Waals surface area (Å²) in [7, 11) is 0. The number of benzene rings is 2. The summed E-state index contributed by atoms with van der Waals surface area (Å²) in [6.07, 6.45) is 0.889. The topological polar surface area (TPSA) is 58.6 Å². The molecule has 0 atom stereocenters. The Morgan fingerprint density at radius 3 is 2.68 bits per heavy atom. The average molecular weight is 380 g/mol. The summed E-state index contributed by atoms with van der Waals surface area (Å²) in [6.45, 7) is 9.52. The van der Waals surface area contributed by atoms with Crippen LogP contribution in [0.1, 0.15) is 55.6 Å². The summed E-state index contributed by atoms with van der Waals surface area (Å²) in [5.41, 5.74) is 3.41. The highest BCUT2D eigenvalue weighted by Crippen LogP contribution is 2.37. The van der Waals surface area contributed by atoms with Gasteiger partial charge in [-0.1, -0.05) is 45.9 Å². The predicted molar refractivity (Wildman–Crippen MR) is 111 cm³/mol. The lowest BCUT2D eigenvalue weighted by Crippen LogP contribution is -2.38. The molecule has 0 aliphatic carbocycles. The van der Waals surface area contributed by atoms with Crippen LogP contribution in [0.25, 0.3) is 0 Å². The molecular formula is C23H28N2O3. The van der Waals surface area contributed by atoms with Gasteiger partial charge in [-0.25, -0.2) is 0 Å². The van der Waals surface area contributed by atoms with Crippen molar-refractivity contribution in [1.82, 2.24) is 5.32 Å². The number of rotatable bonds is 5. The summed E-state index contributed by atoms with van der Waals surface area (Å²) in [6, 6.07) is 13.4. The number of amides is 2. The molecule has 5 heteroatoms. The van der Waals surface area contributed by atoms with Crippen LogP contribution in [0, 0.1) is 0 Å². The highest BCUT2D eigenvalue weighted by atomic mass is 16.5. The van der Waals surface area contributed by atoms with E-state index in [9.17, 15) is 9.59 Å². The number of ether oxygens (including phenoxy) is 1. The van der Waals surface area contributed by atoms with Crippen molar-refractivity contribution in [3.63, 3.8) is 0 Å². The van der Waals surface area contributed by atoms with Crippen molar-refractivity contribution in [2.45, 2.75) is 46.1 Å². The molecule has 2 aromatic rings. The van der Waals surface area contributed by atoms with E-state index >= 15 is 0 Å². The van der Waals surface area contributed by atoms with Gasteiger partial charge in [0.25, 0.3) is 11.8 Å². The number of nitrogens with one attached hydrogen (secondary N) is 1. The van der Waals surface area contributed by atoms with Crippen LogP contribution in [0.2, 0.25) is 0 Å². The highest BCUT2D eigenvalue weighted by Gasteiger charge is 2.27. The van der Waals surface area contributed by atoms with Crippen LogP contribution in [0.4, 0.5) is 5.69 Å². The van der Waals surface area contributed by atoms with Gasteiger partial charge in [-0.15, -0.1) is 0 Å². The molecule has 0 spiro atoms. The van der Waals surface area contributed by atoms with Gasteiger partial charge >= 0.3 is 0 Å². The number of nitrogens with zero attached hydrogens (tertiary/aromatic N) is 1. The summed E-state index contributed by atoms with van der Waals surface area (Å²) in [5.74, 6) is 0.538. The summed E-state index contributed by atoms with van der Waals surface area (Å²) in [5, 5.41) is 2.89. The molecule has 2 amide bonds. The third-order valence-corrected chi connectivity index (χ3v) is 4.83. The maximum atomic E-state index is 12.6. The third kappa shape index (κ3) is 4.35. The van der Waals surface area contributed by atoms with E-state index in [0.29, 0.717) is 24.4 Å². The van der Waals surface area contributed by atoms with Gasteiger partial charge in [0.2, 0.25) is 0 Å². The fourth-order valence-electron chi connectivity index (χ4n) is 3.18. The zero-order valence-corrected chi connectivity index (χ0v) is 17.0. The van der Waals surface area contributed by atoms with Crippen LogP contribution >= 0.6 is 0 Å². The van der Waals surface area contributed by atoms with Gasteiger partial charge in [0.05, 0.1) is 12.2 Å². The van der Waals surface area contributed by atoms with E-state index in [4.69, 9.17) is 4.74 Å². The van der Waals surface area contributed by atoms with Gasteiger partial charge in [-0.2, -0.15) is 0 Å². The molecule has 1 aliphatic rings. The molecule has 0 radical (unpaired) electrons. The van der Waals surface area contributed by atoms with E-state index in [1.54, 1.807) is 11.0 Å². The molecule has 0 saturated carbocycles. The lowest BCUT2D eigenvalue weighted by molar-refractivity contribution is -0.121. The van der Waals surface area contributed by atoms with E-state index in [-0.39, 0.29) is 23.8 Å². The molecule has 1 heterocycles. The fraction of sp³-hybridized carbons (Fsp3) is 0.391. The smallest absolute Gasteiger partial charge is 0.265 e. The Hall–Kier alpha value is -2.82. The Balaban J connectivity index is 1.89. The molecule has 148 valence electrons. The minimum absolute atomic E-state index is 0.0263. The van der Waals surface area contributed by atoms with Gasteiger partial charge in [0.1, 0.15) is 5.75 Å². The predicted octanol–water partition coefficient (Wildman–Crippen LogP) is 4.05. The minimum Gasteiger partial charge on any atom is -0.482 e. The normalized spacial score (nSPS) is 13.7. The van der Waals surface area contributed by atoms with E-state index < -0.39 is 0 Å². The zero-order chi connectivity index (χ0) is 20.3. The van der Waals surface area contributed by atoms with Gasteiger partial charge in [0, 0.05) is 12.1 Å². The minimum atomic E-state index is -0.0903. The Labute approximate surface area is 166 Å². The lowest BCUT2D eigenvalue weighted by atomic mass is 9.86. The molecule has 0 saturated heterocycles. The van der Waals surface area contributed by atoms with E-state index in [1.165, 1.54) is 0 Å². The van der Waals surface area contributed by atoms with E-state index in [2.05, 4.69) is 26.1 Å². The zero-order valence-electron chi connectivity index (χ0n) is 17.0. The first-order chi connectivity index (χ1) is 13.3. The van der Waals surface area contributed by atoms with Crippen LogP contribution < -0.4 is 15.0 Å². The molecular weight excluding hydrogens is 352 g/mol. The summed E-state index contributed by atoms with van der Waals surface area (Å²) in [4.78, 5) is 26.6. The van der Waals surface area contributed by atoms with Gasteiger partial charge in [-0.05, 0) is 47.2 Å². The van der Waals surface area contributed by atoms with E-state index in [1.807, 2.05) is 43.3 Å². The Morgan fingerprint density at radius 1 is 1.18 bits per heavy atom. The van der Waals surface area contributed by atoms with Crippen LogP contribution in [0.5, 0.6) is 5.75 Å². The van der Waals surface area contributed by atoms with Crippen molar-refractivity contribution in [3.05, 3.63) is 59.2 Å². The largest absolute Gasteiger partial charge is 0.482 e. The molecule has 0 bridgehead atoms. The molecule has 28 heavy (non-hydrogen) atoms. The van der Waals surface area contributed by atoms with Gasteiger partial charge < -0.3 is 15.0 Å². The van der Waals surface area contributed by atoms with Crippen molar-refractivity contribution >= 4 is 17.5 Å². The van der Waals surface area contributed by atoms with E-state index in [0.717, 1.165) is 23.2 Å². The quantitative estimate of drug-likeness (QED) is 0.851. The third-order valence-electron chi connectivity index (χ3n) is 4.83. The standard InChI is InChI=1S/C23H28N2O3/c1-5-11-24-22(27)17-8-6-7-16(12-17)14-25-19-13-18(23(2,3)4)9-10-20(19)28-15-21(25)26/h6-10,12-13H,5,11,14-15H2,1-4H3,(H,24,27). The average Bonchev–Trinajstić information content (AvgIpc) is 2.67. The SMILES string of the molecule is CCCNC(=O)c1cccc(CN2C(=O)COc3ccc(C(C)(C)C)cc32)c1. The van der Waals surface area contributed by atoms with Crippen LogP contribution in [-0.4, -0.2) is 25.0 Å². The molecule has 0 unspecified atom stereocenters. The first kappa shape index (κ1) is 19.9. The monoisotopic (exact) mass is 380 g/mol. The summed E-state index contributed by atoms with van der Waals surface area (Å²) >= 11 is 0. The highest BCUT2D eigenvalue weighted by molar-refractivity contribution is 5.98. The number of carbonyl (C=O) groups is 2. The molecule has 5 nitrogen and oxygen atoms in total. The number of hydrogen-bond donors (Lipinski definition) is 1. The Bertz CT molecular complexity index is 884. The number of hydrogen-bond acceptors (Lipinski definition) is 3. The summed E-state index contributed by atoms with van der Waals surface area (Å²) < 4.78 is 5.62. The Kier molecular flexibility index (Phi) is 5.73. The number of anilines is 1. The maximum absolute atomic E-state index is 12.6. The van der Waals surface area contributed by atoms with Crippen LogP contribution in [0.15, 0.2) is 42.5 Å². The second kappa shape index (κ2) is 8.05. The molecule has 0 fully saturated rings. The fourth-order valence-corrected chi connectivity index (χ4v) is 3.18. The first-order valence-electron chi connectivity index (χ1n) is 9.74. The van der Waals surface area contributed by atoms with Crippen molar-refractivity contribution in [3.8, 4) is 5.75 Å². The number of carbonyl (C=O) groups excluding carboxylic acids is 2. The number of fused-ring (bicyclic) bond motifs is 1. The van der Waals surface area contributed by atoms with Crippen molar-refractivity contribution in [2.24, 2.45) is 0 Å². The Morgan fingerprint density at radius 2 is 1.96 bits per heavy atom. The molecule has 1 N–H and O–H groups in total. The second-order valence-corrected chi connectivity index (χ2v) is 8.16. The van der Waals surface area contributed by atoms with Gasteiger partial charge in [0.15, 0.2) is 6.61 Å². The van der Waals surface area contributed by atoms with Gasteiger partial charge in [-0.3, -0.25) is 9.59 Å². The molecule has 2 aromatic carbocycles. The maximum Gasteiger partial charge on any atom is 0.265 e.